The van der Waals surface area contributed by atoms with Crippen LogP contribution in [0.5, 0.6) is 11.5 Å². The Morgan fingerprint density at radius 1 is 1.12 bits per heavy atom. The average Bonchev–Trinajstić information content (AvgIpc) is 3.20. The van der Waals surface area contributed by atoms with Crippen molar-refractivity contribution >= 4 is 10.9 Å². The molecule has 5 heteroatoms. The van der Waals surface area contributed by atoms with E-state index in [1.807, 2.05) is 6.07 Å². The minimum Gasteiger partial charge on any atom is -0.454 e. The molecule has 3 aliphatic heterocycles. The first-order valence-corrected chi connectivity index (χ1v) is 8.72. The monoisotopic (exact) mass is 336 g/mol. The molecule has 0 spiro atoms. The Morgan fingerprint density at radius 2 is 2.00 bits per heavy atom. The van der Waals surface area contributed by atoms with Gasteiger partial charge in [-0.2, -0.15) is 0 Å². The van der Waals surface area contributed by atoms with Gasteiger partial charge in [0.25, 0.3) is 0 Å². The van der Waals surface area contributed by atoms with E-state index in [4.69, 9.17) is 9.47 Å². The van der Waals surface area contributed by atoms with Gasteiger partial charge in [-0.15, -0.1) is 0 Å². The molecule has 1 unspecified atom stereocenters. The Kier molecular flexibility index (Phi) is 2.61. The summed E-state index contributed by atoms with van der Waals surface area (Å²) in [6, 6.07) is 9.70. The van der Waals surface area contributed by atoms with Gasteiger partial charge in [0.05, 0.1) is 0 Å². The van der Waals surface area contributed by atoms with Gasteiger partial charge in [-0.3, -0.25) is 4.90 Å². The van der Waals surface area contributed by atoms with Gasteiger partial charge < -0.3 is 14.5 Å². The van der Waals surface area contributed by atoms with Gasteiger partial charge >= 0.3 is 0 Å². The molecule has 2 aromatic carbocycles. The molecule has 0 bridgehead atoms. The second kappa shape index (κ2) is 4.76. The van der Waals surface area contributed by atoms with Crippen LogP contribution in [0.2, 0.25) is 0 Å². The summed E-state index contributed by atoms with van der Waals surface area (Å²) in [6.07, 6.45) is 1.96. The SMILES string of the molecule is Fc1ccc2c3c([nH]c2c1)CN1CCc2cc4c(cc2C1C3)OCO4. The van der Waals surface area contributed by atoms with Crippen LogP contribution in [0.1, 0.15) is 28.4 Å². The standard InChI is InChI=1S/C20H17FN2O2/c21-12-1-2-13-15-7-18-14-8-20-19(24-10-25-20)5-11(14)3-4-23(18)9-17(15)22-16(13)6-12/h1-2,5-6,8,18,22H,3-4,7,9-10H2. The molecule has 126 valence electrons. The first-order valence-electron chi connectivity index (χ1n) is 8.72. The average molecular weight is 336 g/mol. The van der Waals surface area contributed by atoms with Crippen molar-refractivity contribution in [1.29, 1.82) is 0 Å². The lowest BCUT2D eigenvalue weighted by atomic mass is 9.85. The molecule has 6 rings (SSSR count). The minimum absolute atomic E-state index is 0.193. The van der Waals surface area contributed by atoms with Crippen LogP contribution in [0.15, 0.2) is 30.3 Å². The lowest BCUT2D eigenvalue weighted by molar-refractivity contribution is 0.159. The van der Waals surface area contributed by atoms with Crippen LogP contribution >= 0.6 is 0 Å². The summed E-state index contributed by atoms with van der Waals surface area (Å²) in [7, 11) is 0. The summed E-state index contributed by atoms with van der Waals surface area (Å²) >= 11 is 0. The highest BCUT2D eigenvalue weighted by Crippen LogP contribution is 2.44. The Bertz CT molecular complexity index is 1030. The number of aromatic amines is 1. The van der Waals surface area contributed by atoms with E-state index in [9.17, 15) is 4.39 Å². The fourth-order valence-electron chi connectivity index (χ4n) is 4.62. The van der Waals surface area contributed by atoms with Gasteiger partial charge in [0.1, 0.15) is 5.82 Å². The molecule has 4 nitrogen and oxygen atoms in total. The number of fused-ring (bicyclic) bond motifs is 7. The molecular weight excluding hydrogens is 319 g/mol. The second-order valence-electron chi connectivity index (χ2n) is 7.12. The molecule has 0 fully saturated rings. The van der Waals surface area contributed by atoms with Crippen LogP contribution in [-0.4, -0.2) is 23.2 Å². The molecule has 1 N–H and O–H groups in total. The van der Waals surface area contributed by atoms with Crippen molar-refractivity contribution in [2.45, 2.75) is 25.4 Å². The predicted molar refractivity (Wildman–Crippen MR) is 91.4 cm³/mol. The topological polar surface area (TPSA) is 37.5 Å². The normalized spacial score (nSPS) is 21.1. The molecule has 0 amide bonds. The Balaban J connectivity index is 1.48. The number of halogens is 1. The van der Waals surface area contributed by atoms with Crippen molar-refractivity contribution in [3.63, 3.8) is 0 Å². The number of ether oxygens (including phenoxy) is 2. The molecule has 0 saturated heterocycles. The molecule has 1 aromatic heterocycles. The number of nitrogens with zero attached hydrogens (tertiary/aromatic N) is 1. The van der Waals surface area contributed by atoms with Crippen LogP contribution < -0.4 is 9.47 Å². The highest BCUT2D eigenvalue weighted by atomic mass is 19.1. The van der Waals surface area contributed by atoms with Crippen LogP contribution in [0.3, 0.4) is 0 Å². The fourth-order valence-corrected chi connectivity index (χ4v) is 4.62. The first kappa shape index (κ1) is 13.7. The second-order valence-corrected chi connectivity index (χ2v) is 7.12. The smallest absolute Gasteiger partial charge is 0.231 e. The number of nitrogens with one attached hydrogen (secondary N) is 1. The third-order valence-corrected chi connectivity index (χ3v) is 5.82. The van der Waals surface area contributed by atoms with Crippen LogP contribution in [0, 0.1) is 5.82 Å². The maximum Gasteiger partial charge on any atom is 0.231 e. The van der Waals surface area contributed by atoms with Crippen molar-refractivity contribution in [2.24, 2.45) is 0 Å². The van der Waals surface area contributed by atoms with Gasteiger partial charge in [-0.1, -0.05) is 0 Å². The summed E-state index contributed by atoms with van der Waals surface area (Å²) in [4.78, 5) is 5.94. The number of hydrogen-bond acceptors (Lipinski definition) is 3. The van der Waals surface area contributed by atoms with Crippen molar-refractivity contribution in [3.8, 4) is 11.5 Å². The summed E-state index contributed by atoms with van der Waals surface area (Å²) in [5, 5.41) is 1.14. The van der Waals surface area contributed by atoms with Crippen molar-refractivity contribution in [2.75, 3.05) is 13.3 Å². The maximum absolute atomic E-state index is 13.6. The van der Waals surface area contributed by atoms with E-state index in [-0.39, 0.29) is 5.82 Å². The van der Waals surface area contributed by atoms with E-state index in [0.717, 1.165) is 48.3 Å². The van der Waals surface area contributed by atoms with Crippen LogP contribution in [-0.2, 0) is 19.4 Å². The van der Waals surface area contributed by atoms with Gasteiger partial charge in [-0.25, -0.2) is 4.39 Å². The summed E-state index contributed by atoms with van der Waals surface area (Å²) in [6.45, 7) is 2.22. The summed E-state index contributed by atoms with van der Waals surface area (Å²) in [5.41, 5.74) is 6.15. The number of benzene rings is 2. The van der Waals surface area contributed by atoms with E-state index >= 15 is 0 Å². The zero-order valence-corrected chi connectivity index (χ0v) is 13.6. The van der Waals surface area contributed by atoms with Crippen molar-refractivity contribution in [3.05, 3.63) is 58.5 Å². The molecule has 3 aromatic rings. The number of H-pyrrole nitrogens is 1. The summed E-state index contributed by atoms with van der Waals surface area (Å²) < 4.78 is 24.7. The van der Waals surface area contributed by atoms with Gasteiger partial charge in [0.15, 0.2) is 11.5 Å². The van der Waals surface area contributed by atoms with E-state index in [2.05, 4.69) is 22.0 Å². The van der Waals surface area contributed by atoms with Crippen molar-refractivity contribution in [1.82, 2.24) is 9.88 Å². The molecule has 25 heavy (non-hydrogen) atoms. The molecule has 3 aliphatic rings. The zero-order valence-electron chi connectivity index (χ0n) is 13.6. The van der Waals surface area contributed by atoms with Gasteiger partial charge in [-0.05, 0) is 59.9 Å². The lowest BCUT2D eigenvalue weighted by Crippen LogP contribution is -2.39. The number of hydrogen-bond donors (Lipinski definition) is 1. The highest BCUT2D eigenvalue weighted by Gasteiger charge is 2.35. The quantitative estimate of drug-likeness (QED) is 0.680. The number of rotatable bonds is 0. The van der Waals surface area contributed by atoms with Crippen LogP contribution in [0.4, 0.5) is 4.39 Å². The van der Waals surface area contributed by atoms with E-state index in [0.29, 0.717) is 12.8 Å². The van der Waals surface area contributed by atoms with Gasteiger partial charge in [0, 0.05) is 35.7 Å². The van der Waals surface area contributed by atoms with Crippen molar-refractivity contribution < 1.29 is 13.9 Å². The Morgan fingerprint density at radius 3 is 2.92 bits per heavy atom. The highest BCUT2D eigenvalue weighted by molar-refractivity contribution is 5.85. The summed E-state index contributed by atoms with van der Waals surface area (Å²) in [5.74, 6) is 1.53. The van der Waals surface area contributed by atoms with Gasteiger partial charge in [0.2, 0.25) is 6.79 Å². The fraction of sp³-hybridized carbons (Fsp3) is 0.300. The predicted octanol–water partition coefficient (Wildman–Crippen LogP) is 3.69. The third-order valence-electron chi connectivity index (χ3n) is 5.82. The molecule has 0 saturated carbocycles. The molecule has 1 atom stereocenters. The number of aromatic nitrogens is 1. The zero-order chi connectivity index (χ0) is 16.5. The molecule has 4 heterocycles. The Labute approximate surface area is 144 Å². The third kappa shape index (κ3) is 1.90. The lowest BCUT2D eigenvalue weighted by Gasteiger charge is -2.40. The molecule has 0 aliphatic carbocycles. The maximum atomic E-state index is 13.6. The van der Waals surface area contributed by atoms with E-state index in [1.165, 1.54) is 22.4 Å². The van der Waals surface area contributed by atoms with E-state index < -0.39 is 0 Å². The molecule has 0 radical (unpaired) electrons. The Hall–Kier alpha value is -2.53. The minimum atomic E-state index is -0.193. The van der Waals surface area contributed by atoms with Crippen LogP contribution in [0.25, 0.3) is 10.9 Å². The largest absolute Gasteiger partial charge is 0.454 e. The first-order chi connectivity index (χ1) is 12.3. The van der Waals surface area contributed by atoms with E-state index in [1.54, 1.807) is 12.1 Å². The molecular formula is C20H17FN2O2.